The van der Waals surface area contributed by atoms with Gasteiger partial charge in [-0.25, -0.2) is 4.68 Å². The van der Waals surface area contributed by atoms with Crippen molar-refractivity contribution < 1.29 is 8.78 Å². The summed E-state index contributed by atoms with van der Waals surface area (Å²) in [5.41, 5.74) is 0.685. The summed E-state index contributed by atoms with van der Waals surface area (Å²) in [6.45, 7) is -0.00102. The molecule has 0 amide bonds. The van der Waals surface area contributed by atoms with Crippen LogP contribution in [-0.4, -0.2) is 40.9 Å². The minimum Gasteiger partial charge on any atom is -0.314 e. The lowest BCUT2D eigenvalue weighted by atomic mass is 10.1. The van der Waals surface area contributed by atoms with Crippen molar-refractivity contribution in [1.29, 1.82) is 0 Å². The number of alkyl halides is 2. The van der Waals surface area contributed by atoms with Gasteiger partial charge < -0.3 is 5.32 Å². The molecule has 0 spiro atoms. The van der Waals surface area contributed by atoms with Crippen molar-refractivity contribution in [3.05, 3.63) is 18.0 Å². The van der Waals surface area contributed by atoms with Crippen molar-refractivity contribution in [2.24, 2.45) is 0 Å². The molecule has 1 aromatic heterocycles. The average Bonchev–Trinajstić information content (AvgIpc) is 2.48. The molecule has 0 bridgehead atoms. The molecular formula is C9H14F2N4. The van der Waals surface area contributed by atoms with Crippen LogP contribution in [0.15, 0.2) is 12.3 Å². The van der Waals surface area contributed by atoms with E-state index in [-0.39, 0.29) is 0 Å². The fraction of sp³-hybridized carbons (Fsp3) is 0.667. The van der Waals surface area contributed by atoms with E-state index in [4.69, 9.17) is 0 Å². The van der Waals surface area contributed by atoms with E-state index in [9.17, 15) is 8.78 Å². The van der Waals surface area contributed by atoms with Gasteiger partial charge in [-0.15, -0.1) is 0 Å². The van der Waals surface area contributed by atoms with Crippen LogP contribution in [0.5, 0.6) is 0 Å². The largest absolute Gasteiger partial charge is 0.333 e. The molecule has 2 rings (SSSR count). The zero-order chi connectivity index (χ0) is 10.8. The van der Waals surface area contributed by atoms with Gasteiger partial charge in [-0.3, -0.25) is 4.90 Å². The molecule has 1 aromatic rings. The third-order valence-corrected chi connectivity index (χ3v) is 2.66. The normalized spacial score (nSPS) is 17.4. The molecule has 0 saturated carbocycles. The monoisotopic (exact) mass is 216 g/mol. The molecule has 84 valence electrons. The van der Waals surface area contributed by atoms with Crippen molar-refractivity contribution in [2.45, 2.75) is 19.1 Å². The summed E-state index contributed by atoms with van der Waals surface area (Å²) in [6.07, 6.45) is 1.31. The van der Waals surface area contributed by atoms with Crippen LogP contribution >= 0.6 is 0 Å². The first-order valence-electron chi connectivity index (χ1n) is 4.90. The Kier molecular flexibility index (Phi) is 2.97. The number of likely N-dealkylation sites (N-methyl/N-ethyl adjacent to an activating group) is 1. The zero-order valence-corrected chi connectivity index (χ0v) is 8.53. The minimum atomic E-state index is -2.55. The molecule has 1 saturated heterocycles. The maximum Gasteiger partial charge on any atom is 0.333 e. The molecule has 0 aromatic carbocycles. The summed E-state index contributed by atoms with van der Waals surface area (Å²) in [5.74, 6) is 0. The Morgan fingerprint density at radius 3 is 2.87 bits per heavy atom. The van der Waals surface area contributed by atoms with Gasteiger partial charge in [-0.05, 0) is 13.1 Å². The van der Waals surface area contributed by atoms with E-state index in [1.165, 1.54) is 6.20 Å². The van der Waals surface area contributed by atoms with E-state index in [0.29, 0.717) is 23.0 Å². The van der Waals surface area contributed by atoms with Crippen LogP contribution < -0.4 is 5.32 Å². The Hall–Kier alpha value is -1.01. The maximum atomic E-state index is 12.2. The molecule has 4 nitrogen and oxygen atoms in total. The van der Waals surface area contributed by atoms with Crippen molar-refractivity contribution in [2.75, 3.05) is 20.1 Å². The molecule has 0 aliphatic carbocycles. The molecule has 1 aliphatic rings. The molecule has 2 heterocycles. The van der Waals surface area contributed by atoms with Crippen LogP contribution in [0.3, 0.4) is 0 Å². The Labute approximate surface area is 86.9 Å². The van der Waals surface area contributed by atoms with Gasteiger partial charge in [0, 0.05) is 31.9 Å². The van der Waals surface area contributed by atoms with Gasteiger partial charge in [0.15, 0.2) is 0 Å². The second-order valence-corrected chi connectivity index (χ2v) is 3.79. The fourth-order valence-electron chi connectivity index (χ4n) is 1.54. The van der Waals surface area contributed by atoms with Gasteiger partial charge in [0.25, 0.3) is 0 Å². The van der Waals surface area contributed by atoms with Crippen LogP contribution in [-0.2, 0) is 6.54 Å². The third kappa shape index (κ3) is 2.32. The van der Waals surface area contributed by atoms with Gasteiger partial charge in [0.1, 0.15) is 0 Å². The van der Waals surface area contributed by atoms with Crippen LogP contribution in [0.1, 0.15) is 12.2 Å². The number of hydrogen-bond acceptors (Lipinski definition) is 3. The summed E-state index contributed by atoms with van der Waals surface area (Å²) >= 11 is 0. The smallest absolute Gasteiger partial charge is 0.314 e. The highest BCUT2D eigenvalue weighted by Crippen LogP contribution is 2.11. The van der Waals surface area contributed by atoms with Crippen molar-refractivity contribution in [1.82, 2.24) is 20.0 Å². The molecule has 0 radical (unpaired) electrons. The molecule has 6 heteroatoms. The van der Waals surface area contributed by atoms with Gasteiger partial charge in [0.2, 0.25) is 0 Å². The van der Waals surface area contributed by atoms with E-state index in [1.807, 2.05) is 7.05 Å². The highest BCUT2D eigenvalue weighted by Gasteiger charge is 2.22. The quantitative estimate of drug-likeness (QED) is 0.803. The second-order valence-electron chi connectivity index (χ2n) is 3.79. The third-order valence-electron chi connectivity index (χ3n) is 2.66. The molecule has 15 heavy (non-hydrogen) atoms. The lowest BCUT2D eigenvalue weighted by Gasteiger charge is -2.35. The first-order chi connectivity index (χ1) is 7.16. The van der Waals surface area contributed by atoms with Crippen molar-refractivity contribution >= 4 is 0 Å². The Morgan fingerprint density at radius 1 is 1.67 bits per heavy atom. The van der Waals surface area contributed by atoms with Crippen LogP contribution in [0.2, 0.25) is 0 Å². The van der Waals surface area contributed by atoms with Crippen molar-refractivity contribution in [3.8, 4) is 0 Å². The molecule has 1 N–H and O–H groups in total. The number of aromatic nitrogens is 2. The minimum absolute atomic E-state index is 0.502. The van der Waals surface area contributed by atoms with E-state index in [2.05, 4.69) is 15.3 Å². The summed E-state index contributed by atoms with van der Waals surface area (Å²) in [4.78, 5) is 2.12. The van der Waals surface area contributed by atoms with E-state index >= 15 is 0 Å². The second kappa shape index (κ2) is 4.24. The summed E-state index contributed by atoms with van der Waals surface area (Å²) < 4.78 is 25.1. The van der Waals surface area contributed by atoms with E-state index < -0.39 is 6.55 Å². The first kappa shape index (κ1) is 10.5. The lowest BCUT2D eigenvalue weighted by molar-refractivity contribution is 0.0556. The van der Waals surface area contributed by atoms with Crippen molar-refractivity contribution in [3.63, 3.8) is 0 Å². The molecule has 1 fully saturated rings. The first-order valence-corrected chi connectivity index (χ1v) is 4.90. The van der Waals surface area contributed by atoms with Crippen LogP contribution in [0.25, 0.3) is 0 Å². The molecule has 0 atom stereocenters. The number of halogens is 2. The van der Waals surface area contributed by atoms with Gasteiger partial charge >= 0.3 is 6.55 Å². The Morgan fingerprint density at radius 2 is 2.40 bits per heavy atom. The molecular weight excluding hydrogens is 202 g/mol. The zero-order valence-electron chi connectivity index (χ0n) is 8.53. The van der Waals surface area contributed by atoms with Crippen LogP contribution in [0, 0.1) is 0 Å². The maximum absolute atomic E-state index is 12.2. The number of nitrogens with zero attached hydrogens (tertiary/aromatic N) is 3. The molecule has 1 aliphatic heterocycles. The highest BCUT2D eigenvalue weighted by molar-refractivity contribution is 5.00. The Bertz CT molecular complexity index is 322. The summed E-state index contributed by atoms with van der Waals surface area (Å²) in [5, 5.41) is 6.96. The van der Waals surface area contributed by atoms with Gasteiger partial charge in [-0.1, -0.05) is 0 Å². The van der Waals surface area contributed by atoms with E-state index in [0.717, 1.165) is 13.1 Å². The van der Waals surface area contributed by atoms with E-state index in [1.54, 1.807) is 6.07 Å². The lowest BCUT2D eigenvalue weighted by Crippen LogP contribution is -2.55. The summed E-state index contributed by atoms with van der Waals surface area (Å²) in [6, 6.07) is 2.14. The Balaban J connectivity index is 1.91. The number of nitrogens with one attached hydrogen (secondary N) is 1. The average molecular weight is 216 g/mol. The SMILES string of the molecule is CN(Cc1ccn(C(F)F)n1)C1CNC1. The predicted octanol–water partition coefficient (Wildman–Crippen LogP) is 0.682. The van der Waals surface area contributed by atoms with Gasteiger partial charge in [-0.2, -0.15) is 13.9 Å². The molecule has 0 unspecified atom stereocenters. The highest BCUT2D eigenvalue weighted by atomic mass is 19.3. The van der Waals surface area contributed by atoms with Gasteiger partial charge in [0.05, 0.1) is 5.69 Å². The standard InChI is InChI=1S/C9H14F2N4/c1-14(8-4-12-5-8)6-7-2-3-15(13-7)9(10)11/h2-3,8-9,12H,4-6H2,1H3. The summed E-state index contributed by atoms with van der Waals surface area (Å²) in [7, 11) is 1.98. The number of hydrogen-bond donors (Lipinski definition) is 1. The topological polar surface area (TPSA) is 33.1 Å². The van der Waals surface area contributed by atoms with Crippen LogP contribution in [0.4, 0.5) is 8.78 Å². The number of rotatable bonds is 4. The fourth-order valence-corrected chi connectivity index (χ4v) is 1.54. The predicted molar refractivity (Wildman–Crippen MR) is 51.6 cm³/mol.